The highest BCUT2D eigenvalue weighted by atomic mass is 16.3. The number of unbranched alkanes of at least 4 members (excludes halogenated alkanes) is 35. The Morgan fingerprint density at radius 3 is 1.12 bits per heavy atom. The number of hydrogen-bond donors (Lipinski definition) is 4. The molecule has 0 radical (unpaired) electrons. The lowest BCUT2D eigenvalue weighted by Gasteiger charge is -2.21. The maximum atomic E-state index is 12.4. The van der Waals surface area contributed by atoms with E-state index < -0.39 is 18.2 Å². The van der Waals surface area contributed by atoms with E-state index in [2.05, 4.69) is 43.5 Å². The second-order valence-electron chi connectivity index (χ2n) is 18.1. The van der Waals surface area contributed by atoms with Gasteiger partial charge in [-0.25, -0.2) is 0 Å². The van der Waals surface area contributed by atoms with Crippen LogP contribution in [-0.4, -0.2) is 46.1 Å². The van der Waals surface area contributed by atoms with Gasteiger partial charge in [-0.15, -0.1) is 0 Å². The Morgan fingerprint density at radius 2 is 0.729 bits per heavy atom. The molecule has 0 aliphatic rings. The Kier molecular flexibility index (Phi) is 48.0. The number of carbonyl (C=O) groups excluding carboxylic acids is 1. The van der Waals surface area contributed by atoms with Crippen molar-refractivity contribution in [3.63, 3.8) is 0 Å². The van der Waals surface area contributed by atoms with Crippen LogP contribution in [0.5, 0.6) is 0 Å². The fourth-order valence-corrected chi connectivity index (χ4v) is 8.12. The predicted molar refractivity (Wildman–Crippen MR) is 259 cm³/mol. The van der Waals surface area contributed by atoms with Gasteiger partial charge >= 0.3 is 0 Å². The number of nitrogens with one attached hydrogen (secondary N) is 1. The van der Waals surface area contributed by atoms with Crippen LogP contribution in [0.4, 0.5) is 0 Å². The van der Waals surface area contributed by atoms with Gasteiger partial charge in [-0.2, -0.15) is 0 Å². The van der Waals surface area contributed by atoms with Crippen LogP contribution in [0.1, 0.15) is 277 Å². The minimum atomic E-state index is -0.949. The van der Waals surface area contributed by atoms with E-state index in [9.17, 15) is 20.1 Å². The number of carbonyl (C=O) groups is 1. The monoisotopic (exact) mass is 830 g/mol. The third-order valence-corrected chi connectivity index (χ3v) is 12.1. The minimum absolute atomic E-state index is 0.00697. The molecule has 0 aliphatic carbocycles. The van der Waals surface area contributed by atoms with Crippen LogP contribution in [-0.2, 0) is 4.79 Å². The molecule has 0 rings (SSSR count). The van der Waals surface area contributed by atoms with Gasteiger partial charge in [-0.05, 0) is 57.8 Å². The van der Waals surface area contributed by atoms with Crippen molar-refractivity contribution in [3.05, 3.63) is 36.5 Å². The van der Waals surface area contributed by atoms with Crippen LogP contribution in [0.3, 0.4) is 0 Å². The Morgan fingerprint density at radius 1 is 0.424 bits per heavy atom. The standard InChI is InChI=1S/C54H103NO4/c1-3-5-7-9-11-13-14-15-16-17-18-19-20-21-22-23-24-25-26-27-28-29-30-31-32-33-34-35-36-37-38-40-41-43-45-47-51(57)49-54(59)55-52(50-56)53(58)48-46-44-42-39-12-10-8-6-4-2/h12,25-26,39,46,48,51-53,56-58H,3-11,13-24,27-38,40-45,47,49-50H2,1-2H3,(H,55,59)/b26-25-,39-12+,48-46+. The molecule has 1 amide bonds. The molecule has 5 nitrogen and oxygen atoms in total. The summed E-state index contributed by atoms with van der Waals surface area (Å²) in [5, 5.41) is 33.1. The maximum Gasteiger partial charge on any atom is 0.222 e. The molecular weight excluding hydrogens is 727 g/mol. The molecule has 0 aliphatic heterocycles. The van der Waals surface area contributed by atoms with E-state index in [1.807, 2.05) is 6.08 Å². The molecule has 3 atom stereocenters. The van der Waals surface area contributed by atoms with Crippen molar-refractivity contribution in [1.82, 2.24) is 5.32 Å². The molecular formula is C54H103NO4. The van der Waals surface area contributed by atoms with Crippen molar-refractivity contribution in [3.8, 4) is 0 Å². The molecule has 0 bridgehead atoms. The van der Waals surface area contributed by atoms with E-state index in [-0.39, 0.29) is 18.9 Å². The van der Waals surface area contributed by atoms with Crippen molar-refractivity contribution in [2.75, 3.05) is 6.61 Å². The molecule has 0 saturated carbocycles. The molecule has 3 unspecified atom stereocenters. The average molecular weight is 830 g/mol. The van der Waals surface area contributed by atoms with Crippen molar-refractivity contribution in [2.45, 2.75) is 295 Å². The van der Waals surface area contributed by atoms with Crippen molar-refractivity contribution in [2.24, 2.45) is 0 Å². The number of aliphatic hydroxyl groups is 3. The Bertz CT molecular complexity index is 916. The summed E-state index contributed by atoms with van der Waals surface area (Å²) < 4.78 is 0. The summed E-state index contributed by atoms with van der Waals surface area (Å²) in [7, 11) is 0. The largest absolute Gasteiger partial charge is 0.394 e. The van der Waals surface area contributed by atoms with E-state index in [0.717, 1.165) is 32.1 Å². The molecule has 59 heavy (non-hydrogen) atoms. The van der Waals surface area contributed by atoms with Gasteiger partial charge in [0.1, 0.15) is 0 Å². The first-order valence-electron chi connectivity index (χ1n) is 26.3. The van der Waals surface area contributed by atoms with E-state index in [0.29, 0.717) is 6.42 Å². The minimum Gasteiger partial charge on any atom is -0.394 e. The highest BCUT2D eigenvalue weighted by Crippen LogP contribution is 2.17. The van der Waals surface area contributed by atoms with Gasteiger partial charge < -0.3 is 20.6 Å². The van der Waals surface area contributed by atoms with E-state index >= 15 is 0 Å². The van der Waals surface area contributed by atoms with E-state index in [1.165, 1.54) is 218 Å². The van der Waals surface area contributed by atoms with Gasteiger partial charge in [0, 0.05) is 0 Å². The molecule has 0 fully saturated rings. The molecule has 0 spiro atoms. The van der Waals surface area contributed by atoms with E-state index in [4.69, 9.17) is 0 Å². The zero-order valence-electron chi connectivity index (χ0n) is 39.6. The third-order valence-electron chi connectivity index (χ3n) is 12.1. The first-order valence-corrected chi connectivity index (χ1v) is 26.3. The van der Waals surface area contributed by atoms with Crippen LogP contribution in [0.15, 0.2) is 36.5 Å². The van der Waals surface area contributed by atoms with Crippen LogP contribution >= 0.6 is 0 Å². The second kappa shape index (κ2) is 49.2. The fourth-order valence-electron chi connectivity index (χ4n) is 8.12. The van der Waals surface area contributed by atoms with Crippen LogP contribution in [0.25, 0.3) is 0 Å². The number of allylic oxidation sites excluding steroid dienone is 5. The summed E-state index contributed by atoms with van der Waals surface area (Å²) in [6, 6.07) is -0.758. The summed E-state index contributed by atoms with van der Waals surface area (Å²) >= 11 is 0. The Balaban J connectivity index is 3.44. The van der Waals surface area contributed by atoms with Crippen LogP contribution < -0.4 is 5.32 Å². The number of amides is 1. The molecule has 5 heteroatoms. The van der Waals surface area contributed by atoms with Gasteiger partial charge in [0.2, 0.25) is 5.91 Å². The van der Waals surface area contributed by atoms with Crippen LogP contribution in [0.2, 0.25) is 0 Å². The first-order chi connectivity index (χ1) is 29.0. The highest BCUT2D eigenvalue weighted by Gasteiger charge is 2.20. The molecule has 0 aromatic carbocycles. The topological polar surface area (TPSA) is 89.8 Å². The molecule has 4 N–H and O–H groups in total. The lowest BCUT2D eigenvalue weighted by atomic mass is 10.0. The molecule has 0 aromatic heterocycles. The number of rotatable bonds is 48. The first kappa shape index (κ1) is 57.6. The highest BCUT2D eigenvalue weighted by molar-refractivity contribution is 5.76. The molecule has 0 saturated heterocycles. The van der Waals surface area contributed by atoms with Crippen molar-refractivity contribution >= 4 is 5.91 Å². The van der Waals surface area contributed by atoms with Crippen molar-refractivity contribution in [1.29, 1.82) is 0 Å². The summed E-state index contributed by atoms with van der Waals surface area (Å²) in [5.74, 6) is -0.326. The van der Waals surface area contributed by atoms with Gasteiger partial charge in [0.15, 0.2) is 0 Å². The molecule has 0 aromatic rings. The van der Waals surface area contributed by atoms with Crippen LogP contribution in [0, 0.1) is 0 Å². The summed E-state index contributed by atoms with van der Waals surface area (Å²) in [6.07, 6.45) is 63.6. The number of aliphatic hydroxyl groups excluding tert-OH is 3. The normalized spacial score (nSPS) is 13.6. The van der Waals surface area contributed by atoms with Crippen molar-refractivity contribution < 1.29 is 20.1 Å². The average Bonchev–Trinajstić information content (AvgIpc) is 3.23. The van der Waals surface area contributed by atoms with Gasteiger partial charge in [-0.1, -0.05) is 249 Å². The predicted octanol–water partition coefficient (Wildman–Crippen LogP) is 15.9. The Hall–Kier alpha value is -1.43. The smallest absolute Gasteiger partial charge is 0.222 e. The SMILES string of the molecule is CCCCC/C=C/CC/C=C/C(O)C(CO)NC(=O)CC(O)CCCCCCCCCCCCCCCCC/C=C\CCCCCCCCCCCCCCCCCC. The van der Waals surface area contributed by atoms with Gasteiger partial charge in [-0.3, -0.25) is 4.79 Å². The fraction of sp³-hybridized carbons (Fsp3) is 0.870. The van der Waals surface area contributed by atoms with Gasteiger partial charge in [0.25, 0.3) is 0 Å². The van der Waals surface area contributed by atoms with Gasteiger partial charge in [0.05, 0.1) is 31.3 Å². The Labute approximate surface area is 368 Å². The quantitative estimate of drug-likeness (QED) is 0.0363. The molecule has 0 heterocycles. The molecule has 348 valence electrons. The summed E-state index contributed by atoms with van der Waals surface area (Å²) in [4.78, 5) is 12.4. The zero-order valence-corrected chi connectivity index (χ0v) is 39.6. The maximum absolute atomic E-state index is 12.4. The number of hydrogen-bond acceptors (Lipinski definition) is 4. The van der Waals surface area contributed by atoms with E-state index in [1.54, 1.807) is 6.08 Å². The zero-order chi connectivity index (χ0) is 43.0. The third kappa shape index (κ3) is 45.9. The summed E-state index contributed by atoms with van der Waals surface area (Å²) in [5.41, 5.74) is 0. The lowest BCUT2D eigenvalue weighted by molar-refractivity contribution is -0.124. The lowest BCUT2D eigenvalue weighted by Crippen LogP contribution is -2.45. The second-order valence-corrected chi connectivity index (χ2v) is 18.1. The summed E-state index contributed by atoms with van der Waals surface area (Å²) in [6.45, 7) is 4.16.